The molecule has 1 fully saturated rings. The lowest BCUT2D eigenvalue weighted by Crippen LogP contribution is -2.28. The van der Waals surface area contributed by atoms with Crippen LogP contribution in [0.5, 0.6) is 0 Å². The quantitative estimate of drug-likeness (QED) is 0.834. The van der Waals surface area contributed by atoms with E-state index < -0.39 is 0 Å². The highest BCUT2D eigenvalue weighted by atomic mass is 16.5. The fraction of sp³-hybridized carbons (Fsp3) is 0.562. The Kier molecular flexibility index (Phi) is 4.64. The second-order valence-electron chi connectivity index (χ2n) is 5.84. The van der Waals surface area contributed by atoms with Crippen molar-refractivity contribution < 1.29 is 9.32 Å². The van der Waals surface area contributed by atoms with Gasteiger partial charge < -0.3 is 9.42 Å². The predicted molar refractivity (Wildman–Crippen MR) is 82.7 cm³/mol. The average Bonchev–Trinajstić information content (AvgIpc) is 3.22. The van der Waals surface area contributed by atoms with Crippen molar-refractivity contribution in [3.63, 3.8) is 0 Å². The van der Waals surface area contributed by atoms with Gasteiger partial charge in [0, 0.05) is 50.2 Å². The van der Waals surface area contributed by atoms with E-state index in [2.05, 4.69) is 20.1 Å². The van der Waals surface area contributed by atoms with Crippen molar-refractivity contribution >= 4 is 5.91 Å². The zero-order valence-electron chi connectivity index (χ0n) is 13.5. The van der Waals surface area contributed by atoms with E-state index >= 15 is 0 Å². The molecule has 2 aromatic rings. The van der Waals surface area contributed by atoms with Gasteiger partial charge in [-0.2, -0.15) is 4.98 Å². The molecule has 1 aliphatic rings. The third kappa shape index (κ3) is 3.72. The lowest BCUT2D eigenvalue weighted by molar-refractivity contribution is -0.130. The molecule has 122 valence electrons. The molecular weight excluding hydrogens is 294 g/mol. The summed E-state index contributed by atoms with van der Waals surface area (Å²) in [7, 11) is 0. The van der Waals surface area contributed by atoms with Crippen LogP contribution in [0.3, 0.4) is 0 Å². The molecule has 1 aliphatic heterocycles. The van der Waals surface area contributed by atoms with E-state index in [4.69, 9.17) is 4.52 Å². The summed E-state index contributed by atoms with van der Waals surface area (Å²) in [5.74, 6) is 2.41. The van der Waals surface area contributed by atoms with E-state index in [1.807, 2.05) is 24.8 Å². The van der Waals surface area contributed by atoms with Gasteiger partial charge in [0.05, 0.1) is 0 Å². The zero-order valence-corrected chi connectivity index (χ0v) is 13.5. The molecule has 1 saturated heterocycles. The van der Waals surface area contributed by atoms with Crippen molar-refractivity contribution in [1.82, 2.24) is 25.0 Å². The Morgan fingerprint density at radius 1 is 1.43 bits per heavy atom. The molecule has 2 aromatic heterocycles. The summed E-state index contributed by atoms with van der Waals surface area (Å²) in [6, 6.07) is 1.89. The van der Waals surface area contributed by atoms with Crippen molar-refractivity contribution in [3.05, 3.63) is 35.5 Å². The van der Waals surface area contributed by atoms with Gasteiger partial charge in [0.15, 0.2) is 5.82 Å². The lowest BCUT2D eigenvalue weighted by atomic mass is 10.1. The average molecular weight is 315 g/mol. The SMILES string of the molecule is CCc1noc(CCC(=O)N2CCC(c3nccc(C)n3)C2)n1. The van der Waals surface area contributed by atoms with E-state index in [9.17, 15) is 4.79 Å². The summed E-state index contributed by atoms with van der Waals surface area (Å²) in [6.07, 6.45) is 4.32. The monoisotopic (exact) mass is 315 g/mol. The van der Waals surface area contributed by atoms with Gasteiger partial charge in [-0.3, -0.25) is 4.79 Å². The molecule has 0 bridgehead atoms. The minimum Gasteiger partial charge on any atom is -0.342 e. The molecule has 7 heteroatoms. The molecule has 0 radical (unpaired) electrons. The summed E-state index contributed by atoms with van der Waals surface area (Å²) in [5.41, 5.74) is 0.961. The van der Waals surface area contributed by atoms with Gasteiger partial charge in [0.1, 0.15) is 5.82 Å². The van der Waals surface area contributed by atoms with Crippen LogP contribution in [0.2, 0.25) is 0 Å². The number of likely N-dealkylation sites (tertiary alicyclic amines) is 1. The molecule has 3 rings (SSSR count). The molecule has 0 N–H and O–H groups in total. The third-order valence-corrected chi connectivity index (χ3v) is 4.10. The molecule has 23 heavy (non-hydrogen) atoms. The second-order valence-corrected chi connectivity index (χ2v) is 5.84. The number of nitrogens with zero attached hydrogens (tertiary/aromatic N) is 5. The van der Waals surface area contributed by atoms with E-state index in [0.717, 1.165) is 30.9 Å². The van der Waals surface area contributed by atoms with Crippen LogP contribution < -0.4 is 0 Å². The normalized spacial score (nSPS) is 17.7. The number of amides is 1. The van der Waals surface area contributed by atoms with Gasteiger partial charge in [-0.05, 0) is 19.4 Å². The molecule has 0 spiro atoms. The predicted octanol–water partition coefficient (Wildman–Crippen LogP) is 1.68. The van der Waals surface area contributed by atoms with Gasteiger partial charge in [-0.25, -0.2) is 9.97 Å². The molecule has 0 aromatic carbocycles. The molecule has 7 nitrogen and oxygen atoms in total. The first-order valence-corrected chi connectivity index (χ1v) is 8.04. The Hall–Kier alpha value is -2.31. The summed E-state index contributed by atoms with van der Waals surface area (Å²) in [4.78, 5) is 27.3. The Morgan fingerprint density at radius 3 is 3.04 bits per heavy atom. The summed E-state index contributed by atoms with van der Waals surface area (Å²) < 4.78 is 5.12. The fourth-order valence-electron chi connectivity index (χ4n) is 2.77. The number of aromatic nitrogens is 4. The first kappa shape index (κ1) is 15.6. The molecule has 0 saturated carbocycles. The Morgan fingerprint density at radius 2 is 2.30 bits per heavy atom. The Bertz CT molecular complexity index is 685. The first-order chi connectivity index (χ1) is 11.2. The molecule has 0 aliphatic carbocycles. The fourth-order valence-corrected chi connectivity index (χ4v) is 2.77. The third-order valence-electron chi connectivity index (χ3n) is 4.10. The van der Waals surface area contributed by atoms with Crippen molar-refractivity contribution in [2.24, 2.45) is 0 Å². The number of aryl methyl sites for hydroxylation is 3. The van der Waals surface area contributed by atoms with Crippen LogP contribution in [-0.2, 0) is 17.6 Å². The largest absolute Gasteiger partial charge is 0.342 e. The molecule has 3 heterocycles. The van der Waals surface area contributed by atoms with Crippen LogP contribution in [0.4, 0.5) is 0 Å². The minimum absolute atomic E-state index is 0.122. The van der Waals surface area contributed by atoms with Crippen LogP contribution >= 0.6 is 0 Å². The van der Waals surface area contributed by atoms with Crippen LogP contribution in [0.15, 0.2) is 16.8 Å². The van der Waals surface area contributed by atoms with Gasteiger partial charge in [-0.1, -0.05) is 12.1 Å². The van der Waals surface area contributed by atoms with Gasteiger partial charge >= 0.3 is 0 Å². The van der Waals surface area contributed by atoms with Gasteiger partial charge in [0.25, 0.3) is 0 Å². The summed E-state index contributed by atoms with van der Waals surface area (Å²) >= 11 is 0. The molecular formula is C16H21N5O2. The van der Waals surface area contributed by atoms with Crippen LogP contribution in [-0.4, -0.2) is 44.0 Å². The van der Waals surface area contributed by atoms with Gasteiger partial charge in [-0.15, -0.1) is 0 Å². The van der Waals surface area contributed by atoms with Crippen molar-refractivity contribution in [2.45, 2.75) is 45.4 Å². The Balaban J connectivity index is 1.53. The van der Waals surface area contributed by atoms with Crippen molar-refractivity contribution in [3.8, 4) is 0 Å². The summed E-state index contributed by atoms with van der Waals surface area (Å²) in [5, 5.41) is 3.84. The maximum atomic E-state index is 12.3. The van der Waals surface area contributed by atoms with Crippen LogP contribution in [0.1, 0.15) is 48.9 Å². The number of hydrogen-bond acceptors (Lipinski definition) is 6. The zero-order chi connectivity index (χ0) is 16.2. The summed E-state index contributed by atoms with van der Waals surface area (Å²) in [6.45, 7) is 5.37. The number of hydrogen-bond donors (Lipinski definition) is 0. The van der Waals surface area contributed by atoms with Crippen LogP contribution in [0, 0.1) is 6.92 Å². The molecule has 1 unspecified atom stereocenters. The minimum atomic E-state index is 0.122. The van der Waals surface area contributed by atoms with Crippen LogP contribution in [0.25, 0.3) is 0 Å². The molecule has 1 atom stereocenters. The Labute approximate surface area is 135 Å². The van der Waals surface area contributed by atoms with Crippen molar-refractivity contribution in [2.75, 3.05) is 13.1 Å². The highest BCUT2D eigenvalue weighted by Gasteiger charge is 2.29. The van der Waals surface area contributed by atoms with E-state index in [1.165, 1.54) is 0 Å². The standard InChI is InChI=1S/C16H21N5O2/c1-3-13-19-14(23-20-13)4-5-15(22)21-9-7-12(10-21)16-17-8-6-11(2)18-16/h6,8,12H,3-5,7,9-10H2,1-2H3. The van der Waals surface area contributed by atoms with E-state index in [-0.39, 0.29) is 11.8 Å². The first-order valence-electron chi connectivity index (χ1n) is 8.04. The molecule has 1 amide bonds. The van der Waals surface area contributed by atoms with E-state index in [1.54, 1.807) is 6.20 Å². The maximum absolute atomic E-state index is 12.3. The second kappa shape index (κ2) is 6.85. The number of carbonyl (C=O) groups excluding carboxylic acids is 1. The topological polar surface area (TPSA) is 85.0 Å². The number of rotatable bonds is 5. The van der Waals surface area contributed by atoms with E-state index in [0.29, 0.717) is 31.1 Å². The number of carbonyl (C=O) groups is 1. The highest BCUT2D eigenvalue weighted by Crippen LogP contribution is 2.25. The highest BCUT2D eigenvalue weighted by molar-refractivity contribution is 5.76. The van der Waals surface area contributed by atoms with Gasteiger partial charge in [0.2, 0.25) is 11.8 Å². The maximum Gasteiger partial charge on any atom is 0.227 e. The lowest BCUT2D eigenvalue weighted by Gasteiger charge is -2.15. The van der Waals surface area contributed by atoms with Crippen molar-refractivity contribution in [1.29, 1.82) is 0 Å². The smallest absolute Gasteiger partial charge is 0.227 e.